The summed E-state index contributed by atoms with van der Waals surface area (Å²) < 4.78 is 0. The summed E-state index contributed by atoms with van der Waals surface area (Å²) in [5, 5.41) is 3.54. The second-order valence-corrected chi connectivity index (χ2v) is 3.78. The summed E-state index contributed by atoms with van der Waals surface area (Å²) in [6.07, 6.45) is 13.7. The maximum Gasteiger partial charge on any atom is 0.0322 e. The van der Waals surface area contributed by atoms with Gasteiger partial charge >= 0.3 is 0 Å². The summed E-state index contributed by atoms with van der Waals surface area (Å²) in [5.41, 5.74) is 1.50. The van der Waals surface area contributed by atoms with Crippen LogP contribution in [-0.2, 0) is 0 Å². The number of hydrogen-bond acceptors (Lipinski definition) is 1. The molecule has 1 heterocycles. The second-order valence-electron chi connectivity index (χ2n) is 3.78. The van der Waals surface area contributed by atoms with Crippen LogP contribution in [0.1, 0.15) is 19.8 Å². The van der Waals surface area contributed by atoms with Gasteiger partial charge < -0.3 is 5.32 Å². The zero-order valence-electron chi connectivity index (χ0n) is 8.16. The Morgan fingerprint density at radius 3 is 3.31 bits per heavy atom. The van der Waals surface area contributed by atoms with Crippen molar-refractivity contribution in [2.75, 3.05) is 6.54 Å². The highest BCUT2D eigenvalue weighted by molar-refractivity contribution is 5.35. The Bertz CT molecular complexity index is 260. The van der Waals surface area contributed by atoms with Gasteiger partial charge in [-0.05, 0) is 31.9 Å². The minimum atomic E-state index is 0.616. The largest absolute Gasteiger partial charge is 0.310 e. The Kier molecular flexibility index (Phi) is 2.65. The van der Waals surface area contributed by atoms with E-state index in [0.29, 0.717) is 6.04 Å². The lowest BCUT2D eigenvalue weighted by molar-refractivity contribution is 0.377. The zero-order valence-corrected chi connectivity index (χ0v) is 8.16. The van der Waals surface area contributed by atoms with Crippen molar-refractivity contribution in [2.45, 2.75) is 25.8 Å². The second kappa shape index (κ2) is 3.93. The van der Waals surface area contributed by atoms with Gasteiger partial charge in [-0.3, -0.25) is 0 Å². The number of fused-ring (bicyclic) bond motifs is 1. The third-order valence-corrected chi connectivity index (χ3v) is 2.91. The summed E-state index contributed by atoms with van der Waals surface area (Å²) >= 11 is 0. The van der Waals surface area contributed by atoms with E-state index in [0.717, 1.165) is 5.92 Å². The van der Waals surface area contributed by atoms with Crippen LogP contribution >= 0.6 is 0 Å². The zero-order chi connectivity index (χ0) is 9.10. The Labute approximate surface area is 80.2 Å². The van der Waals surface area contributed by atoms with Crippen molar-refractivity contribution in [1.29, 1.82) is 0 Å². The molecule has 2 rings (SSSR count). The Morgan fingerprint density at radius 1 is 1.54 bits per heavy atom. The van der Waals surface area contributed by atoms with Crippen LogP contribution in [0, 0.1) is 5.92 Å². The Balaban J connectivity index is 2.11. The quantitative estimate of drug-likeness (QED) is 0.645. The van der Waals surface area contributed by atoms with Crippen LogP contribution in [0.2, 0.25) is 0 Å². The van der Waals surface area contributed by atoms with Gasteiger partial charge in [0.1, 0.15) is 0 Å². The number of allylic oxidation sites excluding steroid dienone is 4. The van der Waals surface area contributed by atoms with Crippen LogP contribution in [-0.4, -0.2) is 12.6 Å². The lowest BCUT2D eigenvalue weighted by Crippen LogP contribution is -2.37. The molecule has 0 bridgehead atoms. The highest BCUT2D eigenvalue weighted by atomic mass is 14.9. The molecule has 1 heteroatoms. The molecule has 1 aliphatic carbocycles. The van der Waals surface area contributed by atoms with Crippen LogP contribution < -0.4 is 5.32 Å². The van der Waals surface area contributed by atoms with Gasteiger partial charge in [-0.15, -0.1) is 0 Å². The first-order valence-electron chi connectivity index (χ1n) is 5.16. The van der Waals surface area contributed by atoms with Crippen molar-refractivity contribution in [3.05, 3.63) is 36.0 Å². The van der Waals surface area contributed by atoms with Gasteiger partial charge in [0.2, 0.25) is 0 Å². The van der Waals surface area contributed by atoms with E-state index in [1.54, 1.807) is 0 Å². The number of piperidine rings is 1. The molecule has 0 amide bonds. The highest BCUT2D eigenvalue weighted by Gasteiger charge is 2.28. The van der Waals surface area contributed by atoms with Crippen molar-refractivity contribution in [3.8, 4) is 0 Å². The molecule has 1 saturated heterocycles. The van der Waals surface area contributed by atoms with Crippen molar-refractivity contribution in [1.82, 2.24) is 5.32 Å². The van der Waals surface area contributed by atoms with E-state index in [2.05, 4.69) is 42.6 Å². The molecule has 0 unspecified atom stereocenters. The van der Waals surface area contributed by atoms with Crippen LogP contribution in [0.15, 0.2) is 36.0 Å². The molecule has 0 spiro atoms. The Hall–Kier alpha value is -0.820. The maximum absolute atomic E-state index is 3.54. The van der Waals surface area contributed by atoms with Gasteiger partial charge in [0.25, 0.3) is 0 Å². The molecular formula is C12H17N. The van der Waals surface area contributed by atoms with Gasteiger partial charge in [0.05, 0.1) is 0 Å². The van der Waals surface area contributed by atoms with Gasteiger partial charge in [0.15, 0.2) is 0 Å². The van der Waals surface area contributed by atoms with E-state index in [-0.39, 0.29) is 0 Å². The highest BCUT2D eigenvalue weighted by Crippen LogP contribution is 2.31. The maximum atomic E-state index is 3.54. The third kappa shape index (κ3) is 1.75. The van der Waals surface area contributed by atoms with Crippen molar-refractivity contribution >= 4 is 0 Å². The van der Waals surface area contributed by atoms with E-state index in [4.69, 9.17) is 0 Å². The SMILES string of the molecule is C/C=C/C=C1C=C[C@@H]2NCCC[C@H]12. The van der Waals surface area contributed by atoms with E-state index < -0.39 is 0 Å². The van der Waals surface area contributed by atoms with Gasteiger partial charge in [0, 0.05) is 12.0 Å². The molecule has 0 aromatic carbocycles. The van der Waals surface area contributed by atoms with Crippen molar-refractivity contribution in [3.63, 3.8) is 0 Å². The molecule has 0 aromatic rings. The monoisotopic (exact) mass is 175 g/mol. The number of rotatable bonds is 1. The van der Waals surface area contributed by atoms with Crippen molar-refractivity contribution in [2.24, 2.45) is 5.92 Å². The molecule has 2 atom stereocenters. The lowest BCUT2D eigenvalue weighted by Gasteiger charge is -2.27. The van der Waals surface area contributed by atoms with Crippen LogP contribution in [0.3, 0.4) is 0 Å². The van der Waals surface area contributed by atoms with Crippen LogP contribution in [0.4, 0.5) is 0 Å². The first-order valence-corrected chi connectivity index (χ1v) is 5.16. The first-order chi connectivity index (χ1) is 6.42. The minimum Gasteiger partial charge on any atom is -0.310 e. The molecule has 13 heavy (non-hydrogen) atoms. The molecule has 1 fully saturated rings. The summed E-state index contributed by atoms with van der Waals surface area (Å²) in [4.78, 5) is 0. The molecule has 1 nitrogen and oxygen atoms in total. The molecule has 0 saturated carbocycles. The topological polar surface area (TPSA) is 12.0 Å². The first kappa shape index (κ1) is 8.76. The predicted octanol–water partition coefficient (Wildman–Crippen LogP) is 2.43. The van der Waals surface area contributed by atoms with Gasteiger partial charge in [-0.1, -0.05) is 30.4 Å². The molecule has 70 valence electrons. The summed E-state index contributed by atoms with van der Waals surface area (Å²) in [5.74, 6) is 0.741. The van der Waals surface area contributed by atoms with Gasteiger partial charge in [-0.25, -0.2) is 0 Å². The average Bonchev–Trinajstić information content (AvgIpc) is 2.58. The minimum absolute atomic E-state index is 0.616. The van der Waals surface area contributed by atoms with E-state index in [1.165, 1.54) is 25.0 Å². The van der Waals surface area contributed by atoms with E-state index >= 15 is 0 Å². The van der Waals surface area contributed by atoms with E-state index in [1.807, 2.05) is 0 Å². The molecule has 0 aromatic heterocycles. The Morgan fingerprint density at radius 2 is 2.46 bits per heavy atom. The standard InChI is InChI=1S/C12H17N/c1-2-3-5-10-7-8-12-11(10)6-4-9-13-12/h2-3,5,7-8,11-13H,4,6,9H2,1H3/b3-2+,10-5?/t11-,12+/m1/s1. The average molecular weight is 175 g/mol. The summed E-state index contributed by atoms with van der Waals surface area (Å²) in [6, 6.07) is 0.616. The fraction of sp³-hybridized carbons (Fsp3) is 0.500. The molecule has 1 aliphatic heterocycles. The third-order valence-electron chi connectivity index (χ3n) is 2.91. The molecular weight excluding hydrogens is 158 g/mol. The smallest absolute Gasteiger partial charge is 0.0322 e. The lowest BCUT2D eigenvalue weighted by atomic mass is 9.89. The van der Waals surface area contributed by atoms with E-state index in [9.17, 15) is 0 Å². The molecule has 1 N–H and O–H groups in total. The van der Waals surface area contributed by atoms with Gasteiger partial charge in [-0.2, -0.15) is 0 Å². The summed E-state index contributed by atoms with van der Waals surface area (Å²) in [6.45, 7) is 3.24. The number of nitrogens with one attached hydrogen (secondary N) is 1. The van der Waals surface area contributed by atoms with Crippen LogP contribution in [0.5, 0.6) is 0 Å². The van der Waals surface area contributed by atoms with Crippen LogP contribution in [0.25, 0.3) is 0 Å². The number of hydrogen-bond donors (Lipinski definition) is 1. The fourth-order valence-corrected chi connectivity index (χ4v) is 2.21. The summed E-state index contributed by atoms with van der Waals surface area (Å²) in [7, 11) is 0. The van der Waals surface area contributed by atoms with Crippen molar-refractivity contribution < 1.29 is 0 Å². The molecule has 0 radical (unpaired) electrons. The normalized spacial score (nSPS) is 35.9. The fourth-order valence-electron chi connectivity index (χ4n) is 2.21. The molecule has 2 aliphatic rings. The predicted molar refractivity (Wildman–Crippen MR) is 56.6 cm³/mol.